The van der Waals surface area contributed by atoms with Crippen LogP contribution >= 0.6 is 11.3 Å². The average molecular weight is 862 g/mol. The number of rotatable bonds is 4. The topological polar surface area (TPSA) is 42.8 Å². The van der Waals surface area contributed by atoms with Gasteiger partial charge in [0.1, 0.15) is 5.58 Å². The van der Waals surface area contributed by atoms with Crippen molar-refractivity contribution in [2.75, 3.05) is 0 Å². The Bertz CT molecular complexity index is 4290. The summed E-state index contributed by atoms with van der Waals surface area (Å²) >= 11 is 1.84. The molecule has 1 aliphatic rings. The predicted molar refractivity (Wildman–Crippen MR) is 281 cm³/mol. The molecule has 0 N–H and O–H groups in total. The van der Waals surface area contributed by atoms with Gasteiger partial charge in [-0.1, -0.05) is 153 Å². The Labute approximate surface area is 383 Å². The molecular weight excluding hydrogens is 823 g/mol. The van der Waals surface area contributed by atoms with Gasteiger partial charge in [0.25, 0.3) is 0 Å². The van der Waals surface area contributed by atoms with Gasteiger partial charge in [0, 0.05) is 64.3 Å². The average Bonchev–Trinajstić information content (AvgIpc) is 4.04. The van der Waals surface area contributed by atoms with Crippen LogP contribution in [0.5, 0.6) is 0 Å². The second-order valence-corrected chi connectivity index (χ2v) is 18.7. The molecule has 1 unspecified atom stereocenters. The number of allylic oxidation sites excluding steroid dienone is 1. The molecule has 0 aliphatic carbocycles. The monoisotopic (exact) mass is 861 g/mol. The third kappa shape index (κ3) is 5.63. The summed E-state index contributed by atoms with van der Waals surface area (Å²) in [4.78, 5) is 11.4. The minimum Gasteiger partial charge on any atom is -0.454 e. The van der Waals surface area contributed by atoms with E-state index in [2.05, 4.69) is 212 Å². The van der Waals surface area contributed by atoms with Crippen LogP contribution in [-0.4, -0.2) is 16.1 Å². The number of amidine groups is 1. The minimum atomic E-state index is 0.0973. The fourth-order valence-electron chi connectivity index (χ4n) is 10.7. The Hall–Kier alpha value is -8.12. The molecule has 0 saturated heterocycles. The number of hydrogen-bond donors (Lipinski definition) is 0. The number of hydrogen-bond acceptors (Lipinski definition) is 4. The molecule has 4 heterocycles. The molecule has 10 aromatic carbocycles. The van der Waals surface area contributed by atoms with Crippen LogP contribution in [0.15, 0.2) is 215 Å². The number of thiophene rings is 1. The number of furan rings is 1. The lowest BCUT2D eigenvalue weighted by atomic mass is 9.90. The Kier molecular flexibility index (Phi) is 8.16. The minimum absolute atomic E-state index is 0.0973. The van der Waals surface area contributed by atoms with Gasteiger partial charge in [-0.15, -0.1) is 11.3 Å². The van der Waals surface area contributed by atoms with E-state index < -0.39 is 0 Å². The van der Waals surface area contributed by atoms with Gasteiger partial charge >= 0.3 is 0 Å². The maximum atomic E-state index is 7.11. The van der Waals surface area contributed by atoms with Crippen molar-refractivity contribution in [2.24, 2.45) is 15.9 Å². The first-order valence-electron chi connectivity index (χ1n) is 22.7. The molecule has 13 aromatic rings. The number of fused-ring (bicyclic) bond motifs is 13. The number of para-hydroxylation sites is 1. The van der Waals surface area contributed by atoms with E-state index in [0.717, 1.165) is 73.2 Å². The van der Waals surface area contributed by atoms with Crippen LogP contribution in [0, 0.1) is 5.92 Å². The Morgan fingerprint density at radius 3 is 2.06 bits per heavy atom. The summed E-state index contributed by atoms with van der Waals surface area (Å²) in [6.07, 6.45) is 3.11. The first kappa shape index (κ1) is 37.3. The van der Waals surface area contributed by atoms with Gasteiger partial charge < -0.3 is 8.98 Å². The zero-order valence-corrected chi connectivity index (χ0v) is 36.8. The second-order valence-electron chi connectivity index (χ2n) is 17.7. The van der Waals surface area contributed by atoms with Crippen molar-refractivity contribution in [3.8, 4) is 5.69 Å². The van der Waals surface area contributed by atoms with E-state index in [0.29, 0.717) is 5.84 Å². The third-order valence-corrected chi connectivity index (χ3v) is 15.0. The fourth-order valence-corrected chi connectivity index (χ4v) is 11.8. The van der Waals surface area contributed by atoms with E-state index >= 15 is 0 Å². The summed E-state index contributed by atoms with van der Waals surface area (Å²) in [7, 11) is 0. The third-order valence-electron chi connectivity index (χ3n) is 13.8. The fraction of sp³-hybridized carbons (Fsp3) is 0.0492. The van der Waals surface area contributed by atoms with Crippen molar-refractivity contribution in [2.45, 2.75) is 13.3 Å². The maximum absolute atomic E-state index is 7.11. The molecule has 14 rings (SSSR count). The molecule has 5 heteroatoms. The number of nitrogens with zero attached hydrogens (tertiary/aromatic N) is 3. The van der Waals surface area contributed by atoms with E-state index in [4.69, 9.17) is 14.4 Å². The lowest BCUT2D eigenvalue weighted by Gasteiger charge is -2.20. The van der Waals surface area contributed by atoms with E-state index in [-0.39, 0.29) is 5.92 Å². The molecule has 0 spiro atoms. The second kappa shape index (κ2) is 14.4. The molecule has 4 nitrogen and oxygen atoms in total. The van der Waals surface area contributed by atoms with Gasteiger partial charge in [0.2, 0.25) is 0 Å². The number of benzene rings is 10. The van der Waals surface area contributed by atoms with Crippen LogP contribution in [-0.2, 0) is 0 Å². The zero-order valence-electron chi connectivity index (χ0n) is 36.0. The quantitative estimate of drug-likeness (QED) is 0.174. The van der Waals surface area contributed by atoms with Gasteiger partial charge in [-0.05, 0) is 93.3 Å². The van der Waals surface area contributed by atoms with Crippen LogP contribution in [0.25, 0.3) is 108 Å². The highest BCUT2D eigenvalue weighted by Gasteiger charge is 2.26. The molecule has 66 heavy (non-hydrogen) atoms. The molecule has 1 atom stereocenters. The Morgan fingerprint density at radius 2 is 1.20 bits per heavy atom. The normalized spacial score (nSPS) is 15.6. The van der Waals surface area contributed by atoms with Gasteiger partial charge in [-0.25, -0.2) is 9.98 Å². The van der Waals surface area contributed by atoms with Crippen molar-refractivity contribution >= 4 is 125 Å². The van der Waals surface area contributed by atoms with Crippen LogP contribution in [0.3, 0.4) is 0 Å². The Balaban J connectivity index is 1.07. The predicted octanol–water partition coefficient (Wildman–Crippen LogP) is 16.8. The molecule has 0 fully saturated rings. The SMILES string of the molecule is CC1C/C=C(\c2ccc3sc4ccccc4c3c2)N=C(c2ccc(-n3c4cc5ccccc5cc4c4c5ccccc5ccc43)c3oc4ccccc4c23)N=C1c1cccc2ccccc12. The van der Waals surface area contributed by atoms with Crippen LogP contribution in [0.2, 0.25) is 0 Å². The summed E-state index contributed by atoms with van der Waals surface area (Å²) in [5.74, 6) is 0.758. The van der Waals surface area contributed by atoms with Crippen LogP contribution in [0.4, 0.5) is 0 Å². The summed E-state index contributed by atoms with van der Waals surface area (Å²) in [5.41, 5.74) is 9.92. The van der Waals surface area contributed by atoms with Crippen LogP contribution < -0.4 is 0 Å². The summed E-state index contributed by atoms with van der Waals surface area (Å²) in [5, 5.41) is 14.2. The molecule has 0 saturated carbocycles. The van der Waals surface area contributed by atoms with Crippen molar-refractivity contribution < 1.29 is 4.42 Å². The maximum Gasteiger partial charge on any atom is 0.160 e. The van der Waals surface area contributed by atoms with Gasteiger partial charge in [-0.3, -0.25) is 0 Å². The molecular formula is C61H39N3OS. The molecule has 3 aromatic heterocycles. The van der Waals surface area contributed by atoms with E-state index in [1.165, 1.54) is 63.3 Å². The molecule has 310 valence electrons. The highest BCUT2D eigenvalue weighted by Crippen LogP contribution is 2.44. The Morgan fingerprint density at radius 1 is 0.500 bits per heavy atom. The molecule has 0 bridgehead atoms. The highest BCUT2D eigenvalue weighted by molar-refractivity contribution is 7.25. The highest BCUT2D eigenvalue weighted by atomic mass is 32.1. The number of aliphatic imine (C=N–C) groups is 2. The largest absolute Gasteiger partial charge is 0.454 e. The molecule has 0 radical (unpaired) electrons. The lowest BCUT2D eigenvalue weighted by molar-refractivity contribution is 0.666. The van der Waals surface area contributed by atoms with Crippen molar-refractivity contribution in [1.82, 2.24) is 4.57 Å². The first-order chi connectivity index (χ1) is 32.6. The van der Waals surface area contributed by atoms with Crippen molar-refractivity contribution in [3.63, 3.8) is 0 Å². The van der Waals surface area contributed by atoms with Gasteiger partial charge in [-0.2, -0.15) is 0 Å². The van der Waals surface area contributed by atoms with Crippen molar-refractivity contribution in [3.05, 3.63) is 217 Å². The summed E-state index contributed by atoms with van der Waals surface area (Å²) in [6.45, 7) is 2.30. The zero-order chi connectivity index (χ0) is 43.5. The number of aromatic nitrogens is 1. The first-order valence-corrected chi connectivity index (χ1v) is 23.5. The smallest absolute Gasteiger partial charge is 0.160 e. The standard InChI is InChI=1S/C61H39N3OS/c1-36-25-29-50(41-27-32-56-48(34-41)44-20-9-11-24-55(44)66-56)62-61(63-59(36)45-22-12-17-37-13-4-6-18-42(37)45)47-28-31-52(60-58(47)46-21-8-10-23-54(46)65-60)64-51-30-26-38-14-5-7-19-43(38)57(51)49-33-39-15-2-3-16-40(39)35-53(49)64/h2-24,26-36H,25H2,1H3/b50-29+,62-61?,63-59?. The van der Waals surface area contributed by atoms with Gasteiger partial charge in [0.15, 0.2) is 11.4 Å². The lowest BCUT2D eigenvalue weighted by Crippen LogP contribution is -2.17. The summed E-state index contributed by atoms with van der Waals surface area (Å²) in [6, 6.07) is 70.2. The van der Waals surface area contributed by atoms with Gasteiger partial charge in [0.05, 0.1) is 28.1 Å². The summed E-state index contributed by atoms with van der Waals surface area (Å²) < 4.78 is 12.1. The van der Waals surface area contributed by atoms with Crippen LogP contribution in [0.1, 0.15) is 30.0 Å². The molecule has 1 aliphatic heterocycles. The molecule has 0 amide bonds. The van der Waals surface area contributed by atoms with E-state index in [1.54, 1.807) is 0 Å². The van der Waals surface area contributed by atoms with Crippen molar-refractivity contribution in [1.29, 1.82) is 0 Å². The van der Waals surface area contributed by atoms with E-state index in [1.807, 2.05) is 11.3 Å². The van der Waals surface area contributed by atoms with E-state index in [9.17, 15) is 0 Å².